The molecule has 0 bridgehead atoms. The third-order valence-corrected chi connectivity index (χ3v) is 10.9. The second kappa shape index (κ2) is 8.55. The van der Waals surface area contributed by atoms with Gasteiger partial charge in [0.1, 0.15) is 0 Å². The van der Waals surface area contributed by atoms with E-state index in [1.165, 1.54) is 6.07 Å². The predicted octanol–water partition coefficient (Wildman–Crippen LogP) is 5.80. The van der Waals surface area contributed by atoms with E-state index in [0.717, 1.165) is 43.2 Å². The fraction of sp³-hybridized carbons (Fsp3) is 0.571. The molecule has 2 fully saturated rings. The van der Waals surface area contributed by atoms with Gasteiger partial charge in [0.05, 0.1) is 9.82 Å². The maximum Gasteiger partial charge on any atom is 0.314 e. The average molecular weight is 513 g/mol. The predicted molar refractivity (Wildman–Crippen MR) is 139 cm³/mol. The van der Waals surface area contributed by atoms with Gasteiger partial charge in [0.2, 0.25) is 10.0 Å². The Bertz CT molecular complexity index is 1300. The van der Waals surface area contributed by atoms with Crippen molar-refractivity contribution >= 4 is 15.7 Å². The number of nitrogens with zero attached hydrogens (tertiary/aromatic N) is 1. The summed E-state index contributed by atoms with van der Waals surface area (Å²) < 4.78 is 29.8. The van der Waals surface area contributed by atoms with E-state index < -0.39 is 14.9 Å². The third-order valence-electron chi connectivity index (χ3n) is 9.37. The van der Waals surface area contributed by atoms with Gasteiger partial charge in [-0.25, -0.2) is 13.1 Å². The van der Waals surface area contributed by atoms with Crippen LogP contribution >= 0.6 is 0 Å². The lowest BCUT2D eigenvalue weighted by atomic mass is 9.55. The summed E-state index contributed by atoms with van der Waals surface area (Å²) in [6, 6.07) is 10.4. The van der Waals surface area contributed by atoms with Crippen LogP contribution in [-0.4, -0.2) is 24.5 Å². The van der Waals surface area contributed by atoms with Crippen LogP contribution in [0.4, 0.5) is 5.69 Å². The fourth-order valence-electron chi connectivity index (χ4n) is 7.42. The van der Waals surface area contributed by atoms with Crippen molar-refractivity contribution in [1.82, 2.24) is 4.72 Å². The largest absolute Gasteiger partial charge is 0.502 e. The molecule has 36 heavy (non-hydrogen) atoms. The smallest absolute Gasteiger partial charge is 0.314 e. The van der Waals surface area contributed by atoms with Crippen molar-refractivity contribution in [1.29, 1.82) is 0 Å². The van der Waals surface area contributed by atoms with Gasteiger partial charge >= 0.3 is 5.69 Å². The van der Waals surface area contributed by atoms with E-state index in [4.69, 9.17) is 0 Å². The van der Waals surface area contributed by atoms with Crippen molar-refractivity contribution in [3.63, 3.8) is 0 Å². The summed E-state index contributed by atoms with van der Waals surface area (Å²) in [5.41, 5.74) is 2.44. The van der Waals surface area contributed by atoms with Gasteiger partial charge in [0.15, 0.2) is 5.75 Å². The van der Waals surface area contributed by atoms with Crippen molar-refractivity contribution in [3.8, 4) is 5.75 Å². The number of phenolic OH excluding ortho intramolecular Hbond substituents is 1. The van der Waals surface area contributed by atoms with Gasteiger partial charge in [-0.15, -0.1) is 0 Å². The van der Waals surface area contributed by atoms with Gasteiger partial charge < -0.3 is 5.11 Å². The second-order valence-corrected chi connectivity index (χ2v) is 14.0. The molecule has 2 N–H and O–H groups in total. The zero-order valence-electron chi connectivity index (χ0n) is 21.5. The van der Waals surface area contributed by atoms with Gasteiger partial charge in [-0.1, -0.05) is 45.9 Å². The molecule has 0 radical (unpaired) electrons. The quantitative estimate of drug-likeness (QED) is 0.397. The monoisotopic (exact) mass is 512 g/mol. The summed E-state index contributed by atoms with van der Waals surface area (Å²) in [7, 11) is -3.65. The molecule has 194 valence electrons. The van der Waals surface area contributed by atoms with Crippen LogP contribution in [-0.2, 0) is 21.9 Å². The first-order valence-electron chi connectivity index (χ1n) is 12.9. The number of nitro groups is 1. The minimum atomic E-state index is -3.65. The van der Waals surface area contributed by atoms with Gasteiger partial charge in [-0.2, -0.15) is 0 Å². The molecule has 0 heterocycles. The fourth-order valence-corrected chi connectivity index (χ4v) is 8.82. The number of hydrogen-bond donors (Lipinski definition) is 2. The first-order chi connectivity index (χ1) is 16.8. The van der Waals surface area contributed by atoms with Crippen molar-refractivity contribution < 1.29 is 18.4 Å². The van der Waals surface area contributed by atoms with E-state index in [1.54, 1.807) is 12.1 Å². The molecule has 3 aliphatic rings. The molecule has 2 aromatic rings. The van der Waals surface area contributed by atoms with Crippen LogP contribution in [0.3, 0.4) is 0 Å². The highest BCUT2D eigenvalue weighted by atomic mass is 32.2. The van der Waals surface area contributed by atoms with E-state index in [1.807, 2.05) is 18.2 Å². The number of rotatable bonds is 4. The molecule has 0 amide bonds. The molecular formula is C28H36N2O5S. The molecule has 0 aliphatic heterocycles. The maximum absolute atomic E-state index is 13.3. The van der Waals surface area contributed by atoms with E-state index in [2.05, 4.69) is 32.4 Å². The minimum Gasteiger partial charge on any atom is -0.502 e. The number of phenols is 1. The molecule has 3 aliphatic carbocycles. The summed E-state index contributed by atoms with van der Waals surface area (Å²) in [5, 5.41) is 21.7. The van der Waals surface area contributed by atoms with Crippen LogP contribution < -0.4 is 4.72 Å². The average Bonchev–Trinajstić information content (AvgIpc) is 3.13. The Kier molecular flexibility index (Phi) is 5.99. The highest BCUT2D eigenvalue weighted by Gasteiger charge is 2.56. The Balaban J connectivity index is 1.38. The highest BCUT2D eigenvalue weighted by Crippen LogP contribution is 2.61. The first kappa shape index (κ1) is 25.2. The summed E-state index contributed by atoms with van der Waals surface area (Å²) >= 11 is 0. The molecule has 0 spiro atoms. The topological polar surface area (TPSA) is 110 Å². The number of aromatic hydroxyl groups is 1. The Morgan fingerprint density at radius 1 is 1.06 bits per heavy atom. The minimum absolute atomic E-state index is 0.0434. The molecule has 2 aromatic carbocycles. The zero-order chi connectivity index (χ0) is 26.0. The lowest BCUT2D eigenvalue weighted by molar-refractivity contribution is -0.386. The lowest BCUT2D eigenvalue weighted by Gasteiger charge is -2.50. The molecule has 0 saturated heterocycles. The van der Waals surface area contributed by atoms with Gasteiger partial charge in [0, 0.05) is 11.6 Å². The van der Waals surface area contributed by atoms with Crippen molar-refractivity contribution in [2.45, 2.75) is 88.5 Å². The molecule has 5 rings (SSSR count). The standard InChI is InChI=1S/C28H36N2O5S/c1-27(2,3)17-5-7-18(8-6-17)36(34,35)29-25-14-12-23-21-9-10-22-19(20(21)15-16-28(23,25)4)11-13-24(31)26(22)30(32)33/h5-8,11,13,20-21,23,25,29,31H,9-10,12,14-16H2,1-4H3/t20-,21-,23+,25+,28+/m1/s1. The second-order valence-electron chi connectivity index (χ2n) is 12.2. The van der Waals surface area contributed by atoms with Crippen LogP contribution in [0.5, 0.6) is 5.75 Å². The summed E-state index contributed by atoms with van der Waals surface area (Å²) in [5.74, 6) is 0.671. The molecule has 7 nitrogen and oxygen atoms in total. The Morgan fingerprint density at radius 3 is 2.39 bits per heavy atom. The van der Waals surface area contributed by atoms with Crippen LogP contribution in [0, 0.1) is 27.4 Å². The van der Waals surface area contributed by atoms with E-state index in [9.17, 15) is 23.6 Å². The Hall–Kier alpha value is -2.45. The van der Waals surface area contributed by atoms with Crippen LogP contribution in [0.1, 0.15) is 82.4 Å². The first-order valence-corrected chi connectivity index (χ1v) is 14.4. The Morgan fingerprint density at radius 2 is 1.75 bits per heavy atom. The maximum atomic E-state index is 13.3. The Labute approximate surface area is 213 Å². The van der Waals surface area contributed by atoms with E-state index >= 15 is 0 Å². The van der Waals surface area contributed by atoms with Gasteiger partial charge in [0.25, 0.3) is 0 Å². The van der Waals surface area contributed by atoms with Crippen LogP contribution in [0.15, 0.2) is 41.3 Å². The molecule has 2 saturated carbocycles. The number of nitro benzene ring substituents is 1. The highest BCUT2D eigenvalue weighted by molar-refractivity contribution is 7.89. The van der Waals surface area contributed by atoms with Crippen LogP contribution in [0.2, 0.25) is 0 Å². The normalized spacial score (nSPS) is 29.8. The molecule has 5 atom stereocenters. The van der Waals surface area contributed by atoms with Crippen LogP contribution in [0.25, 0.3) is 0 Å². The summed E-state index contributed by atoms with van der Waals surface area (Å²) in [4.78, 5) is 11.5. The number of benzene rings is 2. The molecule has 8 heteroatoms. The number of fused-ring (bicyclic) bond motifs is 5. The molecule has 0 aromatic heterocycles. The molecular weight excluding hydrogens is 476 g/mol. The van der Waals surface area contributed by atoms with Crippen molar-refractivity contribution in [3.05, 3.63) is 63.2 Å². The number of sulfonamides is 1. The SMILES string of the molecule is CC(C)(C)c1ccc(S(=O)(=O)N[C@H]2CC[C@H]3[C@@H]4CCc5c(ccc(O)c5[N+](=O)[O-])[C@H]4CC[C@]23C)cc1. The van der Waals surface area contributed by atoms with Crippen molar-refractivity contribution in [2.75, 3.05) is 0 Å². The summed E-state index contributed by atoms with van der Waals surface area (Å²) in [6.45, 7) is 8.55. The van der Waals surface area contributed by atoms with E-state index in [0.29, 0.717) is 28.7 Å². The third kappa shape index (κ3) is 4.02. The van der Waals surface area contributed by atoms with E-state index in [-0.39, 0.29) is 34.2 Å². The number of hydrogen-bond acceptors (Lipinski definition) is 5. The van der Waals surface area contributed by atoms with Gasteiger partial charge in [-0.3, -0.25) is 10.1 Å². The van der Waals surface area contributed by atoms with Gasteiger partial charge in [-0.05, 0) is 96.4 Å². The lowest BCUT2D eigenvalue weighted by Crippen LogP contribution is -2.50. The summed E-state index contributed by atoms with van der Waals surface area (Å²) in [6.07, 6.45) is 4.88. The zero-order valence-corrected chi connectivity index (χ0v) is 22.3. The number of nitrogens with one attached hydrogen (secondary N) is 1. The molecule has 0 unspecified atom stereocenters. The van der Waals surface area contributed by atoms with Crippen molar-refractivity contribution in [2.24, 2.45) is 17.3 Å².